The van der Waals surface area contributed by atoms with Crippen molar-refractivity contribution < 1.29 is 31.4 Å². The second-order valence-corrected chi connectivity index (χ2v) is 12.5. The molecule has 3 aromatic carbocycles. The van der Waals surface area contributed by atoms with Crippen LogP contribution in [0.1, 0.15) is 46.4 Å². The Morgan fingerprint density at radius 1 is 0.962 bits per heavy atom. The topological polar surface area (TPSA) is 89.4 Å². The van der Waals surface area contributed by atoms with Crippen LogP contribution < -0.4 is 15.0 Å². The Morgan fingerprint density at radius 2 is 1.77 bits per heavy atom. The maximum Gasteiger partial charge on any atom is 2.00 e. The van der Waals surface area contributed by atoms with Gasteiger partial charge in [0, 0.05) is 37.0 Å². The van der Waals surface area contributed by atoms with Crippen molar-refractivity contribution in [3.63, 3.8) is 0 Å². The van der Waals surface area contributed by atoms with Crippen LogP contribution in [0, 0.1) is 6.92 Å². The number of anilines is 1. The molecule has 264 valence electrons. The zero-order valence-corrected chi connectivity index (χ0v) is 30.3. The second kappa shape index (κ2) is 19.3. The Bertz CT molecular complexity index is 1960. The molecule has 3 aliphatic rings. The van der Waals surface area contributed by atoms with Crippen LogP contribution in [0.3, 0.4) is 0 Å². The molecule has 0 bridgehead atoms. The Balaban J connectivity index is 0.000000803. The minimum absolute atomic E-state index is 0. The molecule has 1 amide bonds. The minimum Gasteiger partial charge on any atom is -0.494 e. The van der Waals surface area contributed by atoms with Gasteiger partial charge in [0.25, 0.3) is 0 Å². The van der Waals surface area contributed by atoms with E-state index in [0.717, 1.165) is 40.9 Å². The third-order valence-electron chi connectivity index (χ3n) is 8.63. The molecule has 1 aromatic heterocycles. The van der Waals surface area contributed by atoms with Gasteiger partial charge in [0.15, 0.2) is 5.78 Å². The van der Waals surface area contributed by atoms with Crippen molar-refractivity contribution >= 4 is 23.5 Å². The number of aryl methyl sites for hydroxylation is 2. The molecular formula is C43H43FeN5O3+2. The molecule has 4 aromatic rings. The van der Waals surface area contributed by atoms with E-state index in [-0.39, 0.29) is 40.8 Å². The first-order chi connectivity index (χ1) is 25.0. The maximum atomic E-state index is 13.3. The van der Waals surface area contributed by atoms with Gasteiger partial charge in [-0.3, -0.25) is 19.6 Å². The van der Waals surface area contributed by atoms with E-state index in [0.29, 0.717) is 37.4 Å². The third kappa shape index (κ3) is 10.6. The molecular weight excluding hydrogens is 690 g/mol. The van der Waals surface area contributed by atoms with E-state index in [1.165, 1.54) is 0 Å². The Labute approximate surface area is 316 Å². The van der Waals surface area contributed by atoms with Gasteiger partial charge in [-0.2, -0.15) is 0 Å². The Kier molecular flexibility index (Phi) is 14.1. The van der Waals surface area contributed by atoms with Crippen LogP contribution in [-0.2, 0) is 35.0 Å². The molecule has 1 saturated heterocycles. The van der Waals surface area contributed by atoms with Gasteiger partial charge in [0.2, 0.25) is 5.91 Å². The zero-order valence-electron chi connectivity index (χ0n) is 29.2. The molecule has 8 nitrogen and oxygen atoms in total. The van der Waals surface area contributed by atoms with Crippen LogP contribution in [-0.4, -0.2) is 45.4 Å². The largest absolute Gasteiger partial charge is 2.00 e. The van der Waals surface area contributed by atoms with E-state index in [1.54, 1.807) is 22.9 Å². The molecule has 1 N–H and O–H groups in total. The van der Waals surface area contributed by atoms with E-state index >= 15 is 0 Å². The predicted molar refractivity (Wildman–Crippen MR) is 203 cm³/mol. The number of aromatic nitrogens is 3. The first-order valence-electron chi connectivity index (χ1n) is 17.4. The van der Waals surface area contributed by atoms with Gasteiger partial charge in [-0.1, -0.05) is 126 Å². The summed E-state index contributed by atoms with van der Waals surface area (Å²) in [7, 11) is 0. The molecule has 9 heteroatoms. The van der Waals surface area contributed by atoms with Crippen LogP contribution in [0.5, 0.6) is 5.75 Å². The molecule has 0 unspecified atom stereocenters. The smallest absolute Gasteiger partial charge is 0.494 e. The van der Waals surface area contributed by atoms with Gasteiger partial charge in [0.1, 0.15) is 11.8 Å². The predicted octanol–water partition coefficient (Wildman–Crippen LogP) is 7.77. The second-order valence-electron chi connectivity index (χ2n) is 12.5. The molecule has 0 saturated carbocycles. The van der Waals surface area contributed by atoms with Crippen molar-refractivity contribution in [2.24, 2.45) is 0 Å². The molecule has 2 atom stereocenters. The van der Waals surface area contributed by atoms with Crippen LogP contribution >= 0.6 is 0 Å². The number of nitrogens with zero attached hydrogens (tertiary/aromatic N) is 4. The number of hydrogen-bond acceptors (Lipinski definition) is 6. The summed E-state index contributed by atoms with van der Waals surface area (Å²) in [6.07, 6.45) is 26.7. The number of benzene rings is 3. The summed E-state index contributed by atoms with van der Waals surface area (Å²) < 4.78 is 7.70. The summed E-state index contributed by atoms with van der Waals surface area (Å²) in [5.41, 5.74) is 5.52. The quantitative estimate of drug-likeness (QED) is 0.0469. The van der Waals surface area contributed by atoms with E-state index in [2.05, 4.69) is 64.2 Å². The van der Waals surface area contributed by atoms with Gasteiger partial charge in [-0.25, -0.2) is 0 Å². The van der Waals surface area contributed by atoms with E-state index in [1.807, 2.05) is 96.9 Å². The summed E-state index contributed by atoms with van der Waals surface area (Å²) in [6.45, 7) is 3.56. The Hall–Kier alpha value is -5.34. The van der Waals surface area contributed by atoms with Crippen molar-refractivity contribution in [3.05, 3.63) is 174 Å². The monoisotopic (exact) mass is 733 g/mol. The number of carbonyl (C=O) groups is 2. The van der Waals surface area contributed by atoms with Crippen molar-refractivity contribution in [2.75, 3.05) is 11.5 Å². The first kappa shape index (κ1) is 37.9. The van der Waals surface area contributed by atoms with E-state index in [9.17, 15) is 9.59 Å². The van der Waals surface area contributed by atoms with Gasteiger partial charge in [-0.15, -0.1) is 5.10 Å². The molecule has 1 fully saturated rings. The van der Waals surface area contributed by atoms with Crippen molar-refractivity contribution in [3.8, 4) is 5.75 Å². The van der Waals surface area contributed by atoms with Crippen LogP contribution in [0.25, 0.3) is 6.08 Å². The molecule has 7 rings (SSSR count). The van der Waals surface area contributed by atoms with Crippen LogP contribution in [0.15, 0.2) is 151 Å². The maximum absolute atomic E-state index is 13.3. The fourth-order valence-electron chi connectivity index (χ4n) is 5.85. The van der Waals surface area contributed by atoms with E-state index in [4.69, 9.17) is 4.74 Å². The van der Waals surface area contributed by atoms with Crippen molar-refractivity contribution in [1.82, 2.24) is 20.3 Å². The van der Waals surface area contributed by atoms with E-state index < -0.39 is 0 Å². The number of allylic oxidation sites excluding steroid dienone is 10. The number of rotatable bonds is 14. The number of amides is 1. The number of nitrogens with one attached hydrogen (secondary N) is 1. The average Bonchev–Trinajstić information content (AvgIpc) is 3.98. The van der Waals surface area contributed by atoms with Gasteiger partial charge < -0.3 is 9.64 Å². The molecule has 0 spiro atoms. The van der Waals surface area contributed by atoms with Crippen molar-refractivity contribution in [1.29, 1.82) is 0 Å². The van der Waals surface area contributed by atoms with Gasteiger partial charge in [-0.05, 0) is 61.2 Å². The van der Waals surface area contributed by atoms with Crippen molar-refractivity contribution in [2.45, 2.75) is 51.4 Å². The molecule has 0 radical (unpaired) electrons. The van der Waals surface area contributed by atoms with Gasteiger partial charge >= 0.3 is 17.1 Å². The normalized spacial score (nSPS) is 17.2. The molecule has 2 heterocycles. The zero-order chi connectivity index (χ0) is 35.3. The van der Waals surface area contributed by atoms with Crippen LogP contribution in [0.2, 0.25) is 0 Å². The fourth-order valence-corrected chi connectivity index (χ4v) is 5.85. The first-order valence-corrected chi connectivity index (χ1v) is 17.4. The minimum atomic E-state index is -0.366. The fraction of sp³-hybridized carbons (Fsp3) is 0.209. The summed E-state index contributed by atoms with van der Waals surface area (Å²) in [4.78, 5) is 27.7. The summed E-state index contributed by atoms with van der Waals surface area (Å²) in [6, 6.07) is 24.9. The number of ether oxygens (including phenoxy) is 1. The molecule has 52 heavy (non-hydrogen) atoms. The van der Waals surface area contributed by atoms with Crippen LogP contribution in [0.4, 0.5) is 5.69 Å². The third-order valence-corrected chi connectivity index (χ3v) is 8.63. The molecule has 1 aliphatic heterocycles. The Morgan fingerprint density at radius 3 is 2.50 bits per heavy atom. The standard InChI is InChI=1S/C38H37N5O3.C5H6.Fe/c1-28-15-19-33(20-16-28)43-35(21-17-29-9-3-2-4-10-29)37(38(43)45)39-26-32-27-42(41-40-32)23-8-24-46-34-14-7-13-31(25-34)36(44)22-18-30-11-5-6-12-30;1-2-4-5-3-1;/h2-5,7,9-22,25,27,35,37,39H,6,8,23-24,26H2,1H3;1-4H,5H2;/q;;+2/b21-17+,22-18+;;/t35-,37+;;/m1../s1. The summed E-state index contributed by atoms with van der Waals surface area (Å²) in [5, 5.41) is 12.0. The van der Waals surface area contributed by atoms with Gasteiger partial charge in [0.05, 0.1) is 18.3 Å². The number of β-lactam (4-membered cyclic amide) rings is 1. The number of carbonyl (C=O) groups excluding carboxylic acids is 2. The number of ketones is 1. The summed E-state index contributed by atoms with van der Waals surface area (Å²) in [5.74, 6) is 0.630. The number of hydrogen-bond donors (Lipinski definition) is 1. The molecule has 2 aliphatic carbocycles. The summed E-state index contributed by atoms with van der Waals surface area (Å²) >= 11 is 0. The SMILES string of the molecule is C1=CCC=C1.Cc1ccc(N2C(=O)[C@@H](NCc3cn(CCCOc4cccc(C(=O)/C=C/C5=CCC=C5)c4)nn3)[C@H]2/C=C/c2ccccc2)cc1.[Fe+2]. The average molecular weight is 734 g/mol.